The van der Waals surface area contributed by atoms with E-state index in [-0.39, 0.29) is 0 Å². The summed E-state index contributed by atoms with van der Waals surface area (Å²) in [5.74, 6) is 6.97. The van der Waals surface area contributed by atoms with Crippen molar-refractivity contribution in [2.24, 2.45) is 46.3 Å². The molecule has 22 heavy (non-hydrogen) atoms. The molecule has 0 radical (unpaired) electrons. The molecule has 0 spiro atoms. The van der Waals surface area contributed by atoms with E-state index in [1.54, 1.807) is 0 Å². The van der Waals surface area contributed by atoms with E-state index in [9.17, 15) is 0 Å². The molecule has 0 heterocycles. The van der Waals surface area contributed by atoms with Gasteiger partial charge in [-0.15, -0.1) is 0 Å². The molecule has 0 aliphatic heterocycles. The van der Waals surface area contributed by atoms with Gasteiger partial charge in [0.15, 0.2) is 0 Å². The van der Waals surface area contributed by atoms with E-state index in [0.29, 0.717) is 17.0 Å². The van der Waals surface area contributed by atoms with Crippen LogP contribution in [0, 0.1) is 46.3 Å². The van der Waals surface area contributed by atoms with Crippen molar-refractivity contribution in [2.75, 3.05) is 0 Å². The van der Waals surface area contributed by atoms with Crippen LogP contribution in [0.15, 0.2) is 0 Å². The van der Waals surface area contributed by atoms with Crippen molar-refractivity contribution in [1.82, 2.24) is 0 Å². The summed E-state index contributed by atoms with van der Waals surface area (Å²) < 4.78 is 0. The second kappa shape index (κ2) is 4.71. The van der Waals surface area contributed by atoms with Crippen molar-refractivity contribution in [1.29, 1.82) is 0 Å². The zero-order chi connectivity index (χ0) is 16.0. The molecule has 6 rings (SSSR count). The minimum atomic E-state index is 0.428. The van der Waals surface area contributed by atoms with Gasteiger partial charge in [0, 0.05) is 0 Å². The van der Waals surface area contributed by atoms with Gasteiger partial charge in [0.2, 0.25) is 0 Å². The lowest BCUT2D eigenvalue weighted by Crippen LogP contribution is -2.59. The molecule has 6 aliphatic rings. The Labute approximate surface area is 143 Å². The maximum atomic E-state index is 7.25. The maximum Gasteiger partial charge on any atom is 0.257 e. The second-order valence-corrected chi connectivity index (χ2v) is 11.2. The van der Waals surface area contributed by atoms with Crippen LogP contribution in [0.2, 0.25) is 11.6 Å². The molecule has 0 aromatic carbocycles. The van der Waals surface area contributed by atoms with Gasteiger partial charge < -0.3 is 0 Å². The summed E-state index contributed by atoms with van der Waals surface area (Å²) in [4.78, 5) is 0. The van der Waals surface area contributed by atoms with E-state index in [2.05, 4.69) is 41.5 Å². The van der Waals surface area contributed by atoms with Crippen LogP contribution < -0.4 is 0 Å². The van der Waals surface area contributed by atoms with Crippen LogP contribution in [0.25, 0.3) is 0 Å². The summed E-state index contributed by atoms with van der Waals surface area (Å²) in [6, 6.07) is 0. The van der Waals surface area contributed by atoms with Crippen molar-refractivity contribution in [3.05, 3.63) is 0 Å². The molecular weight excluding hydrogens is 286 g/mol. The average molecular weight is 321 g/mol. The molecule has 0 nitrogen and oxygen atoms in total. The summed E-state index contributed by atoms with van der Waals surface area (Å²) in [7, 11) is 0. The van der Waals surface area contributed by atoms with Crippen molar-refractivity contribution in [3.8, 4) is 0 Å². The van der Waals surface area contributed by atoms with Gasteiger partial charge in [-0.2, -0.15) is 11.5 Å². The van der Waals surface area contributed by atoms with E-state index < -0.39 is 0 Å². The van der Waals surface area contributed by atoms with Gasteiger partial charge in [-0.1, -0.05) is 48.0 Å². The standard InChI is InChI=1S/C20H34BCl/c1-11-7-13-9-16(20(13,5)6)18(11)21(22)17-10-14-8-15(12(17)2)19(14,3)4/h11-18H,7-10H2,1-6H3/t11-,12-,13?,14+,15-,16+,17?,18?/m1/s1. The maximum absolute atomic E-state index is 7.25. The van der Waals surface area contributed by atoms with Gasteiger partial charge in [0.1, 0.15) is 0 Å². The molecule has 6 saturated carbocycles. The zero-order valence-corrected chi connectivity index (χ0v) is 16.2. The van der Waals surface area contributed by atoms with Crippen LogP contribution in [0.5, 0.6) is 0 Å². The first kappa shape index (κ1) is 15.9. The lowest BCUT2D eigenvalue weighted by molar-refractivity contribution is -0.104. The van der Waals surface area contributed by atoms with Gasteiger partial charge in [0.05, 0.1) is 0 Å². The molecular formula is C20H34BCl. The molecule has 3 unspecified atom stereocenters. The molecule has 0 aromatic heterocycles. The van der Waals surface area contributed by atoms with Crippen molar-refractivity contribution >= 4 is 17.6 Å². The molecule has 0 saturated heterocycles. The summed E-state index contributed by atoms with van der Waals surface area (Å²) in [5, 5.41) is 0. The first-order valence-electron chi connectivity index (χ1n) is 9.79. The van der Waals surface area contributed by atoms with E-state index in [1.807, 2.05) is 0 Å². The summed E-state index contributed by atoms with van der Waals surface area (Å²) >= 11 is 7.25. The van der Waals surface area contributed by atoms with E-state index in [4.69, 9.17) is 11.5 Å². The largest absolute Gasteiger partial charge is 0.257 e. The average Bonchev–Trinajstić information content (AvgIpc) is 2.45. The lowest BCUT2D eigenvalue weighted by Gasteiger charge is -2.66. The Morgan fingerprint density at radius 3 is 1.91 bits per heavy atom. The Hall–Kier alpha value is 0.355. The number of hydrogen-bond acceptors (Lipinski definition) is 0. The van der Waals surface area contributed by atoms with Crippen LogP contribution >= 0.6 is 11.5 Å². The minimum Gasteiger partial charge on any atom is -0.195 e. The van der Waals surface area contributed by atoms with Gasteiger partial charge in [-0.05, 0) is 77.2 Å². The summed E-state index contributed by atoms with van der Waals surface area (Å²) in [6.07, 6.45) is 6.20. The molecule has 6 fully saturated rings. The van der Waals surface area contributed by atoms with Crippen LogP contribution in [0.4, 0.5) is 0 Å². The van der Waals surface area contributed by atoms with Crippen molar-refractivity contribution in [2.45, 2.75) is 78.9 Å². The number of rotatable bonds is 2. The molecule has 6 aliphatic carbocycles. The molecule has 124 valence electrons. The monoisotopic (exact) mass is 320 g/mol. The predicted molar refractivity (Wildman–Crippen MR) is 97.4 cm³/mol. The van der Waals surface area contributed by atoms with Crippen LogP contribution in [0.1, 0.15) is 67.2 Å². The fraction of sp³-hybridized carbons (Fsp3) is 1.00. The van der Waals surface area contributed by atoms with Crippen molar-refractivity contribution in [3.63, 3.8) is 0 Å². The quantitative estimate of drug-likeness (QED) is 0.519. The molecule has 8 atom stereocenters. The highest BCUT2D eigenvalue weighted by atomic mass is 35.5. The van der Waals surface area contributed by atoms with Crippen molar-refractivity contribution < 1.29 is 0 Å². The topological polar surface area (TPSA) is 0 Å². The summed E-state index contributed by atoms with van der Waals surface area (Å²) in [5.41, 5.74) is 1.15. The van der Waals surface area contributed by atoms with Crippen LogP contribution in [-0.4, -0.2) is 6.13 Å². The Morgan fingerprint density at radius 2 is 1.36 bits per heavy atom. The zero-order valence-electron chi connectivity index (χ0n) is 15.4. The Balaban J connectivity index is 1.54. The molecule has 0 N–H and O–H groups in total. The third-order valence-corrected chi connectivity index (χ3v) is 10.1. The molecule has 2 heteroatoms. The number of fused-ring (bicyclic) bond motifs is 4. The first-order valence-corrected chi connectivity index (χ1v) is 10.2. The van der Waals surface area contributed by atoms with Gasteiger partial charge in [-0.3, -0.25) is 0 Å². The van der Waals surface area contributed by atoms with Gasteiger partial charge in [-0.25, -0.2) is 0 Å². The van der Waals surface area contributed by atoms with Gasteiger partial charge in [0.25, 0.3) is 6.13 Å². The Morgan fingerprint density at radius 1 is 0.818 bits per heavy atom. The van der Waals surface area contributed by atoms with E-state index in [1.165, 1.54) is 25.7 Å². The fourth-order valence-electron chi connectivity index (χ4n) is 7.54. The Kier molecular flexibility index (Phi) is 3.39. The molecule has 0 amide bonds. The SMILES string of the molecule is C[C@@H]1CC2C[C@@H](C1B(Cl)C1C[C@@H]3C[C@H]([C@H]1C)C3(C)C)C2(C)C. The smallest absolute Gasteiger partial charge is 0.195 e. The molecule has 0 aromatic rings. The normalized spacial score (nSPS) is 54.1. The van der Waals surface area contributed by atoms with E-state index in [0.717, 1.165) is 47.1 Å². The third-order valence-electron chi connectivity index (χ3n) is 9.51. The summed E-state index contributed by atoms with van der Waals surface area (Å²) in [6.45, 7) is 15.0. The van der Waals surface area contributed by atoms with E-state index >= 15 is 0 Å². The van der Waals surface area contributed by atoms with Crippen LogP contribution in [0.3, 0.4) is 0 Å². The lowest BCUT2D eigenvalue weighted by atomic mass is 9.28. The van der Waals surface area contributed by atoms with Crippen LogP contribution in [-0.2, 0) is 0 Å². The number of halogens is 1. The first-order chi connectivity index (χ1) is 10.2. The van der Waals surface area contributed by atoms with Gasteiger partial charge >= 0.3 is 0 Å². The Bertz CT molecular complexity index is 470. The predicted octanol–water partition coefficient (Wildman–Crippen LogP) is 6.36. The third kappa shape index (κ3) is 1.84. The highest BCUT2D eigenvalue weighted by Gasteiger charge is 2.63. The molecule has 4 bridgehead atoms. The highest BCUT2D eigenvalue weighted by molar-refractivity contribution is 7.08. The minimum absolute atomic E-state index is 0.428. The number of hydrogen-bond donors (Lipinski definition) is 0. The second-order valence-electron chi connectivity index (χ2n) is 10.7. The fourth-order valence-corrected chi connectivity index (χ4v) is 8.30. The highest BCUT2D eigenvalue weighted by Crippen LogP contribution is 2.70.